The van der Waals surface area contributed by atoms with Gasteiger partial charge in [0.2, 0.25) is 5.91 Å². The van der Waals surface area contributed by atoms with Crippen molar-refractivity contribution in [2.24, 2.45) is 35.5 Å². The molecule has 14 atom stereocenters. The summed E-state index contributed by atoms with van der Waals surface area (Å²) >= 11 is 0. The summed E-state index contributed by atoms with van der Waals surface area (Å²) in [4.78, 5) is 56.9. The van der Waals surface area contributed by atoms with Crippen molar-refractivity contribution in [3.8, 4) is 0 Å². The largest absolute Gasteiger partial charge is 0.460 e. The lowest BCUT2D eigenvalue weighted by molar-refractivity contribution is -0.283. The maximum absolute atomic E-state index is 14.2. The number of aliphatic hydroxyl groups excluding tert-OH is 4. The predicted molar refractivity (Wildman–Crippen MR) is 229 cm³/mol. The number of cyclic esters (lactones) is 1. The first-order valence-corrected chi connectivity index (χ1v) is 22.7. The van der Waals surface area contributed by atoms with E-state index in [-0.39, 0.29) is 66.8 Å². The minimum absolute atomic E-state index is 0.0446. The zero-order valence-electron chi connectivity index (χ0n) is 37.2. The summed E-state index contributed by atoms with van der Waals surface area (Å²) in [6, 6.07) is -0.924. The van der Waals surface area contributed by atoms with Crippen LogP contribution in [0.4, 0.5) is 0 Å². The number of hydrogen-bond donors (Lipinski definition) is 5. The van der Waals surface area contributed by atoms with Gasteiger partial charge in [-0.3, -0.25) is 14.4 Å². The van der Waals surface area contributed by atoms with Crippen molar-refractivity contribution in [1.82, 2.24) is 4.90 Å². The van der Waals surface area contributed by atoms with Gasteiger partial charge in [-0.25, -0.2) is 4.79 Å². The number of hydrogen-bond acceptors (Lipinski definition) is 11. The van der Waals surface area contributed by atoms with Gasteiger partial charge < -0.3 is 39.9 Å². The summed E-state index contributed by atoms with van der Waals surface area (Å²) in [5.41, 5.74) is 1.22. The highest BCUT2D eigenvalue weighted by Gasteiger charge is 2.46. The van der Waals surface area contributed by atoms with Gasteiger partial charge in [-0.15, -0.1) is 0 Å². The molecule has 0 aromatic rings. The molecule has 2 saturated heterocycles. The number of carbonyl (C=O) groups excluding carboxylic acids is 4. The number of carbonyl (C=O) groups is 4. The summed E-state index contributed by atoms with van der Waals surface area (Å²) in [6.07, 6.45) is 11.4. The predicted octanol–water partition coefficient (Wildman–Crippen LogP) is 6.07. The number of ketones is 2. The highest BCUT2D eigenvalue weighted by Crippen LogP contribution is 2.38. The second-order valence-corrected chi connectivity index (χ2v) is 18.9. The minimum Gasteiger partial charge on any atom is -0.460 e. The topological polar surface area (TPSA) is 191 Å². The summed E-state index contributed by atoms with van der Waals surface area (Å²) in [5, 5.41) is 54.5. The Morgan fingerprint density at radius 3 is 2.25 bits per heavy atom. The molecule has 1 amide bonds. The summed E-state index contributed by atoms with van der Waals surface area (Å²) < 4.78 is 12.5. The van der Waals surface area contributed by atoms with Crippen molar-refractivity contribution in [3.05, 3.63) is 47.6 Å². The third kappa shape index (κ3) is 14.3. The van der Waals surface area contributed by atoms with Crippen LogP contribution < -0.4 is 0 Å². The molecule has 5 N–H and O–H groups in total. The van der Waals surface area contributed by atoms with E-state index >= 15 is 0 Å². The van der Waals surface area contributed by atoms with Crippen LogP contribution in [0.25, 0.3) is 0 Å². The fraction of sp³-hybridized carbons (Fsp3) is 0.750. The van der Waals surface area contributed by atoms with Crippen LogP contribution in [0.15, 0.2) is 47.6 Å². The minimum atomic E-state index is -1.80. The van der Waals surface area contributed by atoms with Gasteiger partial charge in [-0.05, 0) is 107 Å². The molecule has 12 nitrogen and oxygen atoms in total. The number of amides is 1. The van der Waals surface area contributed by atoms with E-state index in [4.69, 9.17) is 9.47 Å². The highest BCUT2D eigenvalue weighted by molar-refractivity contribution is 5.86. The monoisotopic (exact) mass is 842 g/mol. The molecule has 1 aliphatic carbocycles. The molecule has 3 aliphatic heterocycles. The third-order valence-corrected chi connectivity index (χ3v) is 13.7. The molecule has 338 valence electrons. The second-order valence-electron chi connectivity index (χ2n) is 18.9. The lowest BCUT2D eigenvalue weighted by Gasteiger charge is -2.44. The van der Waals surface area contributed by atoms with E-state index in [2.05, 4.69) is 0 Å². The Bertz CT molecular complexity index is 1590. The number of rotatable bonds is 3. The quantitative estimate of drug-likeness (QED) is 0.164. The first-order valence-electron chi connectivity index (χ1n) is 22.7. The Morgan fingerprint density at radius 1 is 0.800 bits per heavy atom. The molecule has 1 saturated carbocycles. The van der Waals surface area contributed by atoms with E-state index in [1.807, 2.05) is 65.0 Å². The molecule has 4 rings (SSSR count). The number of Topliss-reactive ketones (excluding diaryl/α,β-unsaturated/α-hetero) is 2. The number of ether oxygens (including phenoxy) is 2. The van der Waals surface area contributed by atoms with Crippen LogP contribution in [-0.4, -0.2) is 109 Å². The van der Waals surface area contributed by atoms with Crippen molar-refractivity contribution >= 4 is 23.4 Å². The Hall–Kier alpha value is -3.00. The molecule has 60 heavy (non-hydrogen) atoms. The fourth-order valence-electron chi connectivity index (χ4n) is 9.37. The summed E-state index contributed by atoms with van der Waals surface area (Å²) in [7, 11) is 0. The molecule has 0 unspecified atom stereocenters. The molecule has 12 heteroatoms. The molecule has 2 bridgehead atoms. The molecular formula is C48H75NO11. The van der Waals surface area contributed by atoms with Gasteiger partial charge in [0, 0.05) is 43.6 Å². The van der Waals surface area contributed by atoms with Gasteiger partial charge >= 0.3 is 5.97 Å². The van der Waals surface area contributed by atoms with Crippen molar-refractivity contribution in [3.63, 3.8) is 0 Å². The first-order chi connectivity index (χ1) is 28.3. The van der Waals surface area contributed by atoms with E-state index in [0.717, 1.165) is 0 Å². The van der Waals surface area contributed by atoms with Gasteiger partial charge in [0.05, 0.1) is 36.9 Å². The SMILES string of the molecule is C/C1=C\[C@@H](C)C(=O)C[C@@H]([C@@H](C)C[C@@H]2CC[C@@H](O)[C@H](O)C2)OC(=O)[C@@H]2CCCCN2C(=O)C[C@]2(O)O[C@@H](CC[C@H]2C)C[C@H](O)/C(C)=C/C=C/C=C/[C@@H](C)C[C@@H](C)C(=O)C[C@@H]1O. The molecule has 0 radical (unpaired) electrons. The van der Waals surface area contributed by atoms with Crippen LogP contribution in [0.5, 0.6) is 0 Å². The number of aliphatic hydroxyl groups is 5. The average molecular weight is 842 g/mol. The maximum atomic E-state index is 14.2. The lowest BCUT2D eigenvalue weighted by Crippen LogP contribution is -2.54. The molecule has 0 spiro atoms. The molecule has 4 aliphatic rings. The molecule has 3 heterocycles. The second kappa shape index (κ2) is 22.9. The molecular weight excluding hydrogens is 767 g/mol. The maximum Gasteiger partial charge on any atom is 0.329 e. The normalized spacial score (nSPS) is 41.5. The fourth-order valence-corrected chi connectivity index (χ4v) is 9.37. The number of fused-ring (bicyclic) bond motifs is 3. The highest BCUT2D eigenvalue weighted by atomic mass is 16.6. The van der Waals surface area contributed by atoms with Crippen LogP contribution in [0.2, 0.25) is 0 Å². The van der Waals surface area contributed by atoms with Gasteiger partial charge in [0.15, 0.2) is 5.79 Å². The Labute approximate surface area is 358 Å². The zero-order chi connectivity index (χ0) is 44.3. The Kier molecular flexibility index (Phi) is 19.0. The van der Waals surface area contributed by atoms with Crippen LogP contribution in [0.3, 0.4) is 0 Å². The van der Waals surface area contributed by atoms with Gasteiger partial charge in [-0.1, -0.05) is 71.1 Å². The molecule has 3 fully saturated rings. The number of piperidine rings is 1. The van der Waals surface area contributed by atoms with Crippen molar-refractivity contribution in [2.75, 3.05) is 6.54 Å². The molecule has 0 aromatic carbocycles. The van der Waals surface area contributed by atoms with Crippen LogP contribution in [0, 0.1) is 35.5 Å². The molecule has 0 aromatic heterocycles. The average Bonchev–Trinajstić information content (AvgIpc) is 3.19. The van der Waals surface area contributed by atoms with E-state index < -0.39 is 66.2 Å². The van der Waals surface area contributed by atoms with Crippen molar-refractivity contribution in [1.29, 1.82) is 0 Å². The summed E-state index contributed by atoms with van der Waals surface area (Å²) in [6.45, 7) is 13.2. The smallest absolute Gasteiger partial charge is 0.329 e. The van der Waals surface area contributed by atoms with Crippen LogP contribution >= 0.6 is 0 Å². The number of esters is 1. The lowest BCUT2D eigenvalue weighted by atomic mass is 9.78. The Balaban J connectivity index is 1.62. The van der Waals surface area contributed by atoms with Crippen LogP contribution in [0.1, 0.15) is 138 Å². The van der Waals surface area contributed by atoms with Crippen molar-refractivity contribution in [2.45, 2.75) is 187 Å². The first kappa shape index (κ1) is 49.7. The van der Waals surface area contributed by atoms with Gasteiger partial charge in [0.1, 0.15) is 23.7 Å². The third-order valence-electron chi connectivity index (χ3n) is 13.7. The Morgan fingerprint density at radius 2 is 1.53 bits per heavy atom. The van der Waals surface area contributed by atoms with E-state index in [0.29, 0.717) is 81.9 Å². The number of nitrogens with zero attached hydrogens (tertiary/aromatic N) is 1. The van der Waals surface area contributed by atoms with Gasteiger partial charge in [-0.2, -0.15) is 0 Å². The zero-order valence-corrected chi connectivity index (χ0v) is 37.2. The van der Waals surface area contributed by atoms with Gasteiger partial charge in [0.25, 0.3) is 0 Å². The standard InChI is InChI=1S/C48H75NO11/c1-29-13-9-8-10-14-30(2)40(51)25-37-18-16-35(7)48(58,60-37)28-46(56)49-20-12-11-15-38(49)47(57)59-45(34(6)23-36-17-19-39(50)44(55)24-36)27-43(54)33(5)22-32(4)42(53)26-41(52)31(3)21-29/h8-10,13-14,22,29,31,33-40,42,44-45,50-51,53,55,58H,11-12,15-21,23-28H2,1-7H3/b10-8+,13-9+,30-14+,32-22+/t29-,31-,33-,34+,35-,36+,37+,38+,39-,40+,42+,44-,45+,48+/m1/s1. The van der Waals surface area contributed by atoms with Crippen LogP contribution in [-0.2, 0) is 28.7 Å². The van der Waals surface area contributed by atoms with E-state index in [1.165, 1.54) is 4.90 Å². The van der Waals surface area contributed by atoms with E-state index in [9.17, 15) is 44.7 Å². The van der Waals surface area contributed by atoms with Crippen molar-refractivity contribution < 1.29 is 54.2 Å². The number of allylic oxidation sites excluding steroid dienone is 6. The van der Waals surface area contributed by atoms with E-state index in [1.54, 1.807) is 19.9 Å². The summed E-state index contributed by atoms with van der Waals surface area (Å²) in [5.74, 6) is -4.65.